The van der Waals surface area contributed by atoms with Gasteiger partial charge < -0.3 is 20.3 Å². The SMILES string of the molecule is CN1CCC(C2CCN(C(=O)OC(C)(C)C)CC2N)CC1. The van der Waals surface area contributed by atoms with Gasteiger partial charge in [-0.25, -0.2) is 4.79 Å². The summed E-state index contributed by atoms with van der Waals surface area (Å²) in [4.78, 5) is 16.3. The minimum absolute atomic E-state index is 0.0830. The molecule has 2 unspecified atom stereocenters. The van der Waals surface area contributed by atoms with Crippen LogP contribution in [0.5, 0.6) is 0 Å². The number of carbonyl (C=O) groups is 1. The molecule has 2 fully saturated rings. The highest BCUT2D eigenvalue weighted by Crippen LogP contribution is 2.32. The Morgan fingerprint density at radius 1 is 1.14 bits per heavy atom. The summed E-state index contributed by atoms with van der Waals surface area (Å²) < 4.78 is 5.45. The second-order valence-corrected chi connectivity index (χ2v) is 7.68. The van der Waals surface area contributed by atoms with Gasteiger partial charge in [-0.3, -0.25) is 0 Å². The number of hydrogen-bond donors (Lipinski definition) is 1. The number of nitrogens with zero attached hydrogens (tertiary/aromatic N) is 2. The van der Waals surface area contributed by atoms with Gasteiger partial charge in [-0.1, -0.05) is 0 Å². The van der Waals surface area contributed by atoms with E-state index < -0.39 is 5.60 Å². The lowest BCUT2D eigenvalue weighted by molar-refractivity contribution is 0.0102. The highest BCUT2D eigenvalue weighted by atomic mass is 16.6. The zero-order chi connectivity index (χ0) is 15.6. The Morgan fingerprint density at radius 2 is 1.76 bits per heavy atom. The molecule has 5 heteroatoms. The predicted molar refractivity (Wildman–Crippen MR) is 84.1 cm³/mol. The van der Waals surface area contributed by atoms with Crippen LogP contribution < -0.4 is 5.73 Å². The molecule has 0 bridgehead atoms. The fourth-order valence-electron chi connectivity index (χ4n) is 3.53. The average molecular weight is 297 g/mol. The fraction of sp³-hybridized carbons (Fsp3) is 0.938. The first kappa shape index (κ1) is 16.6. The Labute approximate surface area is 128 Å². The van der Waals surface area contributed by atoms with Crippen LogP contribution in [0, 0.1) is 11.8 Å². The summed E-state index contributed by atoms with van der Waals surface area (Å²) in [5.74, 6) is 1.27. The Kier molecular flexibility index (Phi) is 5.15. The maximum Gasteiger partial charge on any atom is 0.410 e. The quantitative estimate of drug-likeness (QED) is 0.803. The van der Waals surface area contributed by atoms with Crippen LogP contribution in [-0.4, -0.2) is 60.8 Å². The standard InChI is InChI=1S/C16H31N3O2/c1-16(2,3)21-15(20)19-10-7-13(14(17)11-19)12-5-8-18(4)9-6-12/h12-14H,5-11,17H2,1-4H3. The van der Waals surface area contributed by atoms with Crippen LogP contribution in [0.4, 0.5) is 4.79 Å². The number of rotatable bonds is 1. The van der Waals surface area contributed by atoms with Gasteiger partial charge in [0.05, 0.1) is 0 Å². The molecule has 1 amide bonds. The molecule has 21 heavy (non-hydrogen) atoms. The highest BCUT2D eigenvalue weighted by molar-refractivity contribution is 5.68. The van der Waals surface area contributed by atoms with Crippen molar-refractivity contribution < 1.29 is 9.53 Å². The van der Waals surface area contributed by atoms with Gasteiger partial charge in [-0.2, -0.15) is 0 Å². The van der Waals surface area contributed by atoms with Crippen molar-refractivity contribution >= 4 is 6.09 Å². The van der Waals surface area contributed by atoms with Gasteiger partial charge >= 0.3 is 6.09 Å². The van der Waals surface area contributed by atoms with Gasteiger partial charge in [0.1, 0.15) is 5.60 Å². The summed E-state index contributed by atoms with van der Waals surface area (Å²) in [5.41, 5.74) is 5.93. The predicted octanol–water partition coefficient (Wildman–Crippen LogP) is 1.91. The molecule has 0 aliphatic carbocycles. The number of hydrogen-bond acceptors (Lipinski definition) is 4. The summed E-state index contributed by atoms with van der Waals surface area (Å²) in [6.07, 6.45) is 3.26. The van der Waals surface area contributed by atoms with Gasteiger partial charge in [-0.05, 0) is 72.0 Å². The van der Waals surface area contributed by atoms with E-state index in [2.05, 4.69) is 11.9 Å². The Hall–Kier alpha value is -0.810. The van der Waals surface area contributed by atoms with Crippen LogP contribution in [0.15, 0.2) is 0 Å². The minimum Gasteiger partial charge on any atom is -0.444 e. The van der Waals surface area contributed by atoms with Crippen LogP contribution in [-0.2, 0) is 4.74 Å². The smallest absolute Gasteiger partial charge is 0.410 e. The Bertz CT molecular complexity index is 359. The van der Waals surface area contributed by atoms with Crippen molar-refractivity contribution in [1.82, 2.24) is 9.80 Å². The monoisotopic (exact) mass is 297 g/mol. The number of ether oxygens (including phenoxy) is 1. The molecule has 0 spiro atoms. The molecule has 2 rings (SSSR count). The number of carbonyl (C=O) groups excluding carboxylic acids is 1. The van der Waals surface area contributed by atoms with Crippen molar-refractivity contribution in [2.45, 2.75) is 51.7 Å². The van der Waals surface area contributed by atoms with Crippen LogP contribution in [0.2, 0.25) is 0 Å². The fourth-order valence-corrected chi connectivity index (χ4v) is 3.53. The normalized spacial score (nSPS) is 29.5. The first-order valence-corrected chi connectivity index (χ1v) is 8.18. The average Bonchev–Trinajstić information content (AvgIpc) is 2.38. The first-order chi connectivity index (χ1) is 9.76. The summed E-state index contributed by atoms with van der Waals surface area (Å²) in [6, 6.07) is 0.0830. The second kappa shape index (κ2) is 6.53. The van der Waals surface area contributed by atoms with Crippen LogP contribution in [0.3, 0.4) is 0 Å². The lowest BCUT2D eigenvalue weighted by Crippen LogP contribution is -2.54. The Morgan fingerprint density at radius 3 is 2.29 bits per heavy atom. The molecule has 2 atom stereocenters. The minimum atomic E-state index is -0.439. The molecule has 2 heterocycles. The first-order valence-electron chi connectivity index (χ1n) is 8.18. The van der Waals surface area contributed by atoms with Crippen molar-refractivity contribution in [2.24, 2.45) is 17.6 Å². The maximum atomic E-state index is 12.1. The zero-order valence-corrected chi connectivity index (χ0v) is 14.0. The molecule has 2 saturated heterocycles. The number of nitrogens with two attached hydrogens (primary N) is 1. The molecular weight excluding hydrogens is 266 g/mol. The van der Waals surface area contributed by atoms with Crippen molar-refractivity contribution in [2.75, 3.05) is 33.2 Å². The van der Waals surface area contributed by atoms with E-state index in [0.717, 1.165) is 18.9 Å². The molecule has 5 nitrogen and oxygen atoms in total. The maximum absolute atomic E-state index is 12.1. The zero-order valence-electron chi connectivity index (χ0n) is 14.0. The number of likely N-dealkylation sites (tertiary alicyclic amines) is 2. The molecule has 0 aromatic carbocycles. The van der Waals surface area contributed by atoms with Crippen LogP contribution >= 0.6 is 0 Å². The highest BCUT2D eigenvalue weighted by Gasteiger charge is 2.36. The van der Waals surface area contributed by atoms with E-state index in [4.69, 9.17) is 10.5 Å². The van der Waals surface area contributed by atoms with Crippen molar-refractivity contribution in [3.63, 3.8) is 0 Å². The van der Waals surface area contributed by atoms with Crippen LogP contribution in [0.1, 0.15) is 40.0 Å². The van der Waals surface area contributed by atoms with Crippen molar-refractivity contribution in [1.29, 1.82) is 0 Å². The van der Waals surface area contributed by atoms with Gasteiger partial charge in [0.2, 0.25) is 0 Å². The largest absolute Gasteiger partial charge is 0.444 e. The molecule has 0 radical (unpaired) electrons. The van der Waals surface area contributed by atoms with E-state index in [-0.39, 0.29) is 12.1 Å². The van der Waals surface area contributed by atoms with Gasteiger partial charge in [0.25, 0.3) is 0 Å². The molecule has 2 aliphatic heterocycles. The van der Waals surface area contributed by atoms with Gasteiger partial charge in [0.15, 0.2) is 0 Å². The summed E-state index contributed by atoms with van der Waals surface area (Å²) in [7, 11) is 2.18. The lowest BCUT2D eigenvalue weighted by atomic mass is 9.76. The van der Waals surface area contributed by atoms with E-state index >= 15 is 0 Å². The molecule has 0 saturated carbocycles. The molecule has 2 aliphatic rings. The van der Waals surface area contributed by atoms with Gasteiger partial charge in [-0.15, -0.1) is 0 Å². The van der Waals surface area contributed by atoms with E-state index in [9.17, 15) is 4.79 Å². The van der Waals surface area contributed by atoms with Gasteiger partial charge in [0, 0.05) is 19.1 Å². The summed E-state index contributed by atoms with van der Waals surface area (Å²) in [5, 5.41) is 0. The van der Waals surface area contributed by atoms with E-state index in [1.165, 1.54) is 25.9 Å². The lowest BCUT2D eigenvalue weighted by Gasteiger charge is -2.43. The Balaban J connectivity index is 1.86. The summed E-state index contributed by atoms with van der Waals surface area (Å²) in [6.45, 7) is 9.45. The molecule has 0 aromatic rings. The van der Waals surface area contributed by atoms with Crippen molar-refractivity contribution in [3.8, 4) is 0 Å². The van der Waals surface area contributed by atoms with E-state index in [1.54, 1.807) is 4.90 Å². The van der Waals surface area contributed by atoms with Crippen LogP contribution in [0.25, 0.3) is 0 Å². The van der Waals surface area contributed by atoms with E-state index in [1.807, 2.05) is 20.8 Å². The third kappa shape index (κ3) is 4.58. The third-order valence-corrected chi connectivity index (χ3v) is 4.73. The summed E-state index contributed by atoms with van der Waals surface area (Å²) >= 11 is 0. The number of amides is 1. The second-order valence-electron chi connectivity index (χ2n) is 7.68. The molecular formula is C16H31N3O2. The topological polar surface area (TPSA) is 58.8 Å². The van der Waals surface area contributed by atoms with E-state index in [0.29, 0.717) is 12.5 Å². The van der Waals surface area contributed by atoms with Crippen molar-refractivity contribution in [3.05, 3.63) is 0 Å². The number of piperidine rings is 2. The third-order valence-electron chi connectivity index (χ3n) is 4.73. The molecule has 122 valence electrons. The molecule has 0 aromatic heterocycles. The molecule has 2 N–H and O–H groups in total.